The van der Waals surface area contributed by atoms with E-state index in [-0.39, 0.29) is 28.2 Å². The van der Waals surface area contributed by atoms with Crippen molar-refractivity contribution >= 4 is 27.3 Å². The summed E-state index contributed by atoms with van der Waals surface area (Å²) in [4.78, 5) is 10.0. The Labute approximate surface area is 126 Å². The normalized spacial score (nSPS) is 10.4. The predicted molar refractivity (Wildman–Crippen MR) is 75.9 cm³/mol. The van der Waals surface area contributed by atoms with Gasteiger partial charge in [0.15, 0.2) is 11.6 Å². The Morgan fingerprint density at radius 2 is 2.00 bits per heavy atom. The Morgan fingerprint density at radius 3 is 2.57 bits per heavy atom. The van der Waals surface area contributed by atoms with Crippen LogP contribution in [0.5, 0.6) is 5.75 Å². The highest BCUT2D eigenvalue weighted by molar-refractivity contribution is 9.10. The van der Waals surface area contributed by atoms with E-state index in [2.05, 4.69) is 15.9 Å². The van der Waals surface area contributed by atoms with Crippen molar-refractivity contribution in [1.29, 1.82) is 0 Å². The minimum Gasteiger partial charge on any atom is -0.485 e. The summed E-state index contributed by atoms with van der Waals surface area (Å²) in [6.45, 7) is -0.0661. The van der Waals surface area contributed by atoms with Crippen molar-refractivity contribution in [2.24, 2.45) is 0 Å². The number of nitrogen functional groups attached to an aromatic ring is 1. The smallest absolute Gasteiger partial charge is 0.292 e. The Kier molecular flexibility index (Phi) is 4.37. The fraction of sp³-hybridized carbons (Fsp3) is 0.0769. The number of hydrogen-bond donors (Lipinski definition) is 1. The van der Waals surface area contributed by atoms with Crippen LogP contribution in [-0.2, 0) is 6.61 Å². The van der Waals surface area contributed by atoms with Crippen LogP contribution in [0.3, 0.4) is 0 Å². The third-order valence-corrected chi connectivity index (χ3v) is 3.22. The molecule has 0 radical (unpaired) electrons. The van der Waals surface area contributed by atoms with Gasteiger partial charge in [-0.25, -0.2) is 8.78 Å². The molecule has 0 bridgehead atoms. The number of anilines is 1. The quantitative estimate of drug-likeness (QED) is 0.512. The highest BCUT2D eigenvalue weighted by Gasteiger charge is 2.14. The fourth-order valence-electron chi connectivity index (χ4n) is 1.68. The molecule has 2 rings (SSSR count). The van der Waals surface area contributed by atoms with Gasteiger partial charge in [-0.3, -0.25) is 10.1 Å². The molecule has 0 spiro atoms. The predicted octanol–water partition coefficient (Wildman–Crippen LogP) is 3.80. The zero-order valence-electron chi connectivity index (χ0n) is 10.5. The summed E-state index contributed by atoms with van der Waals surface area (Å²) in [5, 5.41) is 10.6. The van der Waals surface area contributed by atoms with Gasteiger partial charge in [-0.2, -0.15) is 0 Å². The number of hydrogen-bond acceptors (Lipinski definition) is 4. The van der Waals surface area contributed by atoms with Crippen molar-refractivity contribution in [3.8, 4) is 5.75 Å². The van der Waals surface area contributed by atoms with Crippen molar-refractivity contribution < 1.29 is 18.4 Å². The lowest BCUT2D eigenvalue weighted by Crippen LogP contribution is -2.01. The third-order valence-electron chi connectivity index (χ3n) is 2.63. The molecule has 0 unspecified atom stereocenters. The van der Waals surface area contributed by atoms with Crippen molar-refractivity contribution in [3.05, 3.63) is 62.1 Å². The number of halogens is 3. The zero-order valence-corrected chi connectivity index (χ0v) is 12.1. The lowest BCUT2D eigenvalue weighted by molar-refractivity contribution is -0.383. The second-order valence-electron chi connectivity index (χ2n) is 4.14. The molecule has 0 fully saturated rings. The average Bonchev–Trinajstić information content (AvgIpc) is 2.36. The van der Waals surface area contributed by atoms with E-state index < -0.39 is 16.6 Å². The fourth-order valence-corrected chi connectivity index (χ4v) is 2.20. The number of benzene rings is 2. The van der Waals surface area contributed by atoms with Crippen LogP contribution in [0, 0.1) is 21.7 Å². The first-order chi connectivity index (χ1) is 9.88. The second kappa shape index (κ2) is 6.04. The third kappa shape index (κ3) is 3.46. The molecule has 0 aliphatic rings. The molecule has 0 aliphatic carbocycles. The molecule has 0 saturated heterocycles. The second-order valence-corrected chi connectivity index (χ2v) is 4.99. The standard InChI is InChI=1S/C13H9BrF2N2O3/c14-9-4-8(15)5-10(16)13(9)21-6-7-1-2-12(18(19)20)11(17)3-7/h1-5H,6,17H2. The van der Waals surface area contributed by atoms with E-state index in [1.807, 2.05) is 0 Å². The van der Waals surface area contributed by atoms with Crippen molar-refractivity contribution in [1.82, 2.24) is 0 Å². The van der Waals surface area contributed by atoms with E-state index >= 15 is 0 Å². The highest BCUT2D eigenvalue weighted by atomic mass is 79.9. The lowest BCUT2D eigenvalue weighted by atomic mass is 10.2. The maximum Gasteiger partial charge on any atom is 0.292 e. The van der Waals surface area contributed by atoms with Crippen LogP contribution in [0.2, 0.25) is 0 Å². The molecule has 21 heavy (non-hydrogen) atoms. The Hall–Kier alpha value is -2.22. The van der Waals surface area contributed by atoms with Gasteiger partial charge in [0, 0.05) is 12.1 Å². The minimum atomic E-state index is -0.850. The molecule has 2 aromatic rings. The van der Waals surface area contributed by atoms with E-state index in [9.17, 15) is 18.9 Å². The van der Waals surface area contributed by atoms with Gasteiger partial charge in [-0.15, -0.1) is 0 Å². The van der Waals surface area contributed by atoms with E-state index in [0.29, 0.717) is 11.6 Å². The topological polar surface area (TPSA) is 78.4 Å². The first kappa shape index (κ1) is 15.2. The zero-order chi connectivity index (χ0) is 15.6. The van der Waals surface area contributed by atoms with Crippen LogP contribution in [0.4, 0.5) is 20.2 Å². The molecule has 110 valence electrons. The van der Waals surface area contributed by atoms with Crippen LogP contribution >= 0.6 is 15.9 Å². The van der Waals surface area contributed by atoms with Crippen molar-refractivity contribution in [2.45, 2.75) is 6.61 Å². The minimum absolute atomic E-state index is 0.0141. The number of nitrogens with two attached hydrogens (primary N) is 1. The van der Waals surface area contributed by atoms with Gasteiger partial charge in [0.2, 0.25) is 0 Å². The Morgan fingerprint density at radius 1 is 1.29 bits per heavy atom. The van der Waals surface area contributed by atoms with Gasteiger partial charge in [0.25, 0.3) is 5.69 Å². The SMILES string of the molecule is Nc1cc(COc2c(F)cc(F)cc2Br)ccc1[N+](=O)[O-]. The van der Waals surface area contributed by atoms with Crippen LogP contribution in [0.1, 0.15) is 5.56 Å². The summed E-state index contributed by atoms with van der Waals surface area (Å²) in [6.07, 6.45) is 0. The molecule has 0 atom stereocenters. The van der Waals surface area contributed by atoms with E-state index in [0.717, 1.165) is 6.07 Å². The molecule has 0 saturated carbocycles. The molecule has 0 aromatic heterocycles. The monoisotopic (exact) mass is 358 g/mol. The highest BCUT2D eigenvalue weighted by Crippen LogP contribution is 2.30. The van der Waals surface area contributed by atoms with E-state index in [1.54, 1.807) is 0 Å². The number of rotatable bonds is 4. The molecule has 2 aromatic carbocycles. The first-order valence-electron chi connectivity index (χ1n) is 5.68. The maximum atomic E-state index is 13.6. The number of ether oxygens (including phenoxy) is 1. The molecule has 0 heterocycles. The summed E-state index contributed by atoms with van der Waals surface area (Å²) < 4.78 is 31.9. The molecular formula is C13H9BrF2N2O3. The summed E-state index contributed by atoms with van der Waals surface area (Å²) in [7, 11) is 0. The van der Waals surface area contributed by atoms with E-state index in [4.69, 9.17) is 10.5 Å². The van der Waals surface area contributed by atoms with Crippen molar-refractivity contribution in [3.63, 3.8) is 0 Å². The van der Waals surface area contributed by atoms with Crippen LogP contribution in [0.25, 0.3) is 0 Å². The molecule has 0 amide bonds. The first-order valence-corrected chi connectivity index (χ1v) is 6.48. The summed E-state index contributed by atoms with van der Waals surface area (Å²) in [6, 6.07) is 5.83. The Balaban J connectivity index is 2.17. The van der Waals surface area contributed by atoms with Gasteiger partial charge in [0.05, 0.1) is 9.40 Å². The van der Waals surface area contributed by atoms with Crippen LogP contribution in [0.15, 0.2) is 34.8 Å². The number of nitrogens with zero attached hydrogens (tertiary/aromatic N) is 1. The van der Waals surface area contributed by atoms with Crippen molar-refractivity contribution in [2.75, 3.05) is 5.73 Å². The largest absolute Gasteiger partial charge is 0.485 e. The van der Waals surface area contributed by atoms with Crippen LogP contribution < -0.4 is 10.5 Å². The van der Waals surface area contributed by atoms with E-state index in [1.165, 1.54) is 18.2 Å². The molecule has 0 aliphatic heterocycles. The van der Waals surface area contributed by atoms with Gasteiger partial charge < -0.3 is 10.5 Å². The van der Waals surface area contributed by atoms with Gasteiger partial charge in [-0.05, 0) is 39.7 Å². The molecule has 2 N–H and O–H groups in total. The summed E-state index contributed by atoms with van der Waals surface area (Å²) in [5.41, 5.74) is 5.83. The van der Waals surface area contributed by atoms with Gasteiger partial charge >= 0.3 is 0 Å². The molecular weight excluding hydrogens is 350 g/mol. The summed E-state index contributed by atoms with van der Waals surface area (Å²) >= 11 is 3.00. The molecule has 5 nitrogen and oxygen atoms in total. The average molecular weight is 359 g/mol. The lowest BCUT2D eigenvalue weighted by Gasteiger charge is -2.10. The van der Waals surface area contributed by atoms with Gasteiger partial charge in [-0.1, -0.05) is 0 Å². The van der Waals surface area contributed by atoms with Gasteiger partial charge in [0.1, 0.15) is 18.1 Å². The molecule has 8 heteroatoms. The Bertz CT molecular complexity index is 687. The van der Waals surface area contributed by atoms with Crippen LogP contribution in [-0.4, -0.2) is 4.92 Å². The number of nitro groups is 1. The number of nitro benzene ring substituents is 1. The summed E-state index contributed by atoms with van der Waals surface area (Å²) in [5.74, 6) is -1.73. The maximum absolute atomic E-state index is 13.6.